The maximum absolute atomic E-state index is 12.5. The number of hydrogen-bond acceptors (Lipinski definition) is 5. The van der Waals surface area contributed by atoms with E-state index in [1.807, 2.05) is 18.2 Å². The van der Waals surface area contributed by atoms with Gasteiger partial charge < -0.3 is 4.42 Å². The molecule has 6 nitrogen and oxygen atoms in total. The molecule has 1 aliphatic rings. The van der Waals surface area contributed by atoms with Crippen molar-refractivity contribution < 1.29 is 9.21 Å². The molecule has 1 aliphatic heterocycles. The maximum Gasteiger partial charge on any atom is 0.277 e. The van der Waals surface area contributed by atoms with Gasteiger partial charge >= 0.3 is 0 Å². The number of carbonyl (C=O) groups excluding carboxylic acids is 1. The third kappa shape index (κ3) is 3.33. The summed E-state index contributed by atoms with van der Waals surface area (Å²) in [7, 11) is 0. The first-order valence-electron chi connectivity index (χ1n) is 7.59. The van der Waals surface area contributed by atoms with Gasteiger partial charge in [0.15, 0.2) is 16.6 Å². The number of rotatable bonds is 3. The van der Waals surface area contributed by atoms with E-state index < -0.39 is 0 Å². The van der Waals surface area contributed by atoms with Crippen LogP contribution in [-0.2, 0) is 0 Å². The lowest BCUT2D eigenvalue weighted by molar-refractivity contribution is 0.0972. The lowest BCUT2D eigenvalue weighted by Gasteiger charge is -2.05. The SMILES string of the molecule is O=C(NC1=NCCS1)c1cc(-c2ccco2)n(-c2cccc(Cl)c2)n1. The predicted octanol–water partition coefficient (Wildman–Crippen LogP) is 3.62. The quantitative estimate of drug-likeness (QED) is 0.762. The van der Waals surface area contributed by atoms with E-state index in [9.17, 15) is 4.79 Å². The minimum absolute atomic E-state index is 0.279. The van der Waals surface area contributed by atoms with Gasteiger partial charge in [-0.25, -0.2) is 4.68 Å². The van der Waals surface area contributed by atoms with Crippen LogP contribution in [0.25, 0.3) is 17.1 Å². The zero-order valence-electron chi connectivity index (χ0n) is 13.0. The van der Waals surface area contributed by atoms with Crippen molar-refractivity contribution in [1.82, 2.24) is 15.1 Å². The Morgan fingerprint density at radius 2 is 2.20 bits per heavy atom. The summed E-state index contributed by atoms with van der Waals surface area (Å²) in [5.41, 5.74) is 1.69. The molecule has 3 heterocycles. The molecule has 0 radical (unpaired) electrons. The number of thioether (sulfide) groups is 1. The molecule has 25 heavy (non-hydrogen) atoms. The average Bonchev–Trinajstić information content (AvgIpc) is 3.35. The van der Waals surface area contributed by atoms with Crippen molar-refractivity contribution in [2.24, 2.45) is 4.99 Å². The zero-order valence-corrected chi connectivity index (χ0v) is 14.5. The predicted molar refractivity (Wildman–Crippen MR) is 98.5 cm³/mol. The second-order valence-electron chi connectivity index (χ2n) is 5.27. The van der Waals surface area contributed by atoms with Crippen molar-refractivity contribution in [2.75, 3.05) is 12.3 Å². The molecule has 3 aromatic rings. The van der Waals surface area contributed by atoms with Crippen molar-refractivity contribution in [1.29, 1.82) is 0 Å². The van der Waals surface area contributed by atoms with Crippen molar-refractivity contribution in [3.05, 3.63) is 59.4 Å². The summed E-state index contributed by atoms with van der Waals surface area (Å²) in [6.07, 6.45) is 1.58. The minimum Gasteiger partial charge on any atom is -0.463 e. The number of amidine groups is 1. The summed E-state index contributed by atoms with van der Waals surface area (Å²) >= 11 is 7.61. The van der Waals surface area contributed by atoms with E-state index in [0.717, 1.165) is 18.0 Å². The molecule has 0 bridgehead atoms. The summed E-state index contributed by atoms with van der Waals surface area (Å²) in [4.78, 5) is 16.7. The van der Waals surface area contributed by atoms with Crippen LogP contribution in [0.4, 0.5) is 0 Å². The fourth-order valence-corrected chi connectivity index (χ4v) is 3.38. The van der Waals surface area contributed by atoms with Gasteiger partial charge in [0.25, 0.3) is 5.91 Å². The Morgan fingerprint density at radius 3 is 2.92 bits per heavy atom. The fraction of sp³-hybridized carbons (Fsp3) is 0.118. The average molecular weight is 373 g/mol. The number of halogens is 1. The molecular formula is C17H13ClN4O2S. The number of furan rings is 1. The number of aliphatic imine (C=N–C) groups is 1. The van der Waals surface area contributed by atoms with Crippen LogP contribution in [0.15, 0.2) is 58.1 Å². The van der Waals surface area contributed by atoms with Gasteiger partial charge in [0, 0.05) is 16.8 Å². The summed E-state index contributed by atoms with van der Waals surface area (Å²) in [6, 6.07) is 12.5. The summed E-state index contributed by atoms with van der Waals surface area (Å²) in [6.45, 7) is 0.717. The van der Waals surface area contributed by atoms with Gasteiger partial charge in [-0.15, -0.1) is 0 Å². The fourth-order valence-electron chi connectivity index (χ4n) is 2.47. The molecule has 8 heteroatoms. The Balaban J connectivity index is 1.74. The highest BCUT2D eigenvalue weighted by Gasteiger charge is 2.20. The lowest BCUT2D eigenvalue weighted by Crippen LogP contribution is -2.27. The molecule has 0 atom stereocenters. The van der Waals surface area contributed by atoms with Crippen LogP contribution in [0.5, 0.6) is 0 Å². The molecular weight excluding hydrogens is 360 g/mol. The molecule has 0 aliphatic carbocycles. The highest BCUT2D eigenvalue weighted by molar-refractivity contribution is 8.14. The molecule has 2 aromatic heterocycles. The van der Waals surface area contributed by atoms with E-state index >= 15 is 0 Å². The van der Waals surface area contributed by atoms with Crippen LogP contribution in [0, 0.1) is 0 Å². The number of carbonyl (C=O) groups is 1. The van der Waals surface area contributed by atoms with Gasteiger partial charge in [0.1, 0.15) is 5.69 Å². The number of nitrogens with zero attached hydrogens (tertiary/aromatic N) is 3. The zero-order chi connectivity index (χ0) is 17.2. The highest BCUT2D eigenvalue weighted by Crippen LogP contribution is 2.26. The molecule has 0 fully saturated rings. The molecule has 126 valence electrons. The monoisotopic (exact) mass is 372 g/mol. The third-order valence-corrected chi connectivity index (χ3v) is 4.70. The lowest BCUT2D eigenvalue weighted by atomic mass is 10.2. The summed E-state index contributed by atoms with van der Waals surface area (Å²) in [5.74, 6) is 1.19. The van der Waals surface area contributed by atoms with Gasteiger partial charge in [-0.3, -0.25) is 15.1 Å². The summed E-state index contributed by atoms with van der Waals surface area (Å²) in [5, 5.41) is 8.44. The second kappa shape index (κ2) is 6.78. The first-order valence-corrected chi connectivity index (χ1v) is 8.95. The Bertz CT molecular complexity index is 949. The standard InChI is InChI=1S/C17H13ClN4O2S/c18-11-3-1-4-12(9-11)22-14(15-5-2-7-24-15)10-13(21-22)16(23)20-17-19-6-8-25-17/h1-5,7,9-10H,6,8H2,(H,19,20,23). The van der Waals surface area contributed by atoms with Gasteiger partial charge in [-0.1, -0.05) is 29.4 Å². The van der Waals surface area contributed by atoms with Gasteiger partial charge in [-0.05, 0) is 30.3 Å². The molecule has 0 saturated heterocycles. The Morgan fingerprint density at radius 1 is 1.28 bits per heavy atom. The second-order valence-corrected chi connectivity index (χ2v) is 6.79. The van der Waals surface area contributed by atoms with Crippen LogP contribution in [0.2, 0.25) is 5.02 Å². The molecule has 0 spiro atoms. The normalized spacial score (nSPS) is 13.7. The molecule has 1 N–H and O–H groups in total. The number of nitrogens with one attached hydrogen (secondary N) is 1. The van der Waals surface area contributed by atoms with Gasteiger partial charge in [0.05, 0.1) is 18.5 Å². The number of amides is 1. The van der Waals surface area contributed by atoms with E-state index in [-0.39, 0.29) is 11.6 Å². The van der Waals surface area contributed by atoms with E-state index in [4.69, 9.17) is 16.0 Å². The Labute approximate surface area is 152 Å². The molecule has 1 aromatic carbocycles. The molecule has 4 rings (SSSR count). The molecule has 0 saturated carbocycles. The van der Waals surface area contributed by atoms with Crippen LogP contribution in [0.3, 0.4) is 0 Å². The largest absolute Gasteiger partial charge is 0.463 e. The van der Waals surface area contributed by atoms with Crippen molar-refractivity contribution in [3.63, 3.8) is 0 Å². The maximum atomic E-state index is 12.5. The topological polar surface area (TPSA) is 72.4 Å². The van der Waals surface area contributed by atoms with E-state index in [2.05, 4.69) is 15.4 Å². The first kappa shape index (κ1) is 16.0. The van der Waals surface area contributed by atoms with Crippen molar-refractivity contribution in [3.8, 4) is 17.1 Å². The van der Waals surface area contributed by atoms with Crippen molar-refractivity contribution >= 4 is 34.4 Å². The van der Waals surface area contributed by atoms with E-state index in [1.54, 1.807) is 35.2 Å². The number of aromatic nitrogens is 2. The van der Waals surface area contributed by atoms with Gasteiger partial charge in [0.2, 0.25) is 0 Å². The van der Waals surface area contributed by atoms with Crippen molar-refractivity contribution in [2.45, 2.75) is 0 Å². The minimum atomic E-state index is -0.304. The Kier molecular flexibility index (Phi) is 4.33. The van der Waals surface area contributed by atoms with E-state index in [1.165, 1.54) is 11.8 Å². The Hall–Kier alpha value is -2.51. The number of hydrogen-bond donors (Lipinski definition) is 1. The van der Waals surface area contributed by atoms with E-state index in [0.29, 0.717) is 21.6 Å². The van der Waals surface area contributed by atoms with Crippen LogP contribution in [0.1, 0.15) is 10.5 Å². The molecule has 1 amide bonds. The smallest absolute Gasteiger partial charge is 0.277 e. The third-order valence-electron chi connectivity index (χ3n) is 3.57. The van der Waals surface area contributed by atoms with Crippen LogP contribution in [-0.4, -0.2) is 33.2 Å². The summed E-state index contributed by atoms with van der Waals surface area (Å²) < 4.78 is 7.13. The first-order chi connectivity index (χ1) is 12.2. The molecule has 0 unspecified atom stereocenters. The number of benzene rings is 1. The highest BCUT2D eigenvalue weighted by atomic mass is 35.5. The van der Waals surface area contributed by atoms with Gasteiger partial charge in [-0.2, -0.15) is 5.10 Å². The van der Waals surface area contributed by atoms with Crippen LogP contribution >= 0.6 is 23.4 Å². The van der Waals surface area contributed by atoms with Crippen LogP contribution < -0.4 is 5.32 Å².